The summed E-state index contributed by atoms with van der Waals surface area (Å²) < 4.78 is 13.7. The van der Waals surface area contributed by atoms with E-state index in [1.165, 1.54) is 22.0 Å². The first kappa shape index (κ1) is 20.8. The molecule has 0 spiro atoms. The van der Waals surface area contributed by atoms with Crippen molar-refractivity contribution in [2.45, 2.75) is 0 Å². The molecule has 0 radical (unpaired) electrons. The largest absolute Gasteiger partial charge is 0.493 e. The predicted molar refractivity (Wildman–Crippen MR) is 135 cm³/mol. The molecule has 0 atom stereocenters. The summed E-state index contributed by atoms with van der Waals surface area (Å²) in [4.78, 5) is 0. The highest BCUT2D eigenvalue weighted by Gasteiger charge is 2.17. The number of aryl methyl sites for hydroxylation is 1. The van der Waals surface area contributed by atoms with E-state index in [4.69, 9.17) is 9.47 Å². The van der Waals surface area contributed by atoms with Crippen molar-refractivity contribution in [3.8, 4) is 44.9 Å². The Kier molecular flexibility index (Phi) is 5.54. The zero-order valence-corrected chi connectivity index (χ0v) is 19.1. The zero-order valence-electron chi connectivity index (χ0n) is 19.1. The van der Waals surface area contributed by atoms with Gasteiger partial charge in [-0.15, -0.1) is 0 Å². The van der Waals surface area contributed by atoms with Crippen molar-refractivity contribution in [1.29, 1.82) is 0 Å². The van der Waals surface area contributed by atoms with Crippen molar-refractivity contribution in [3.63, 3.8) is 0 Å². The van der Waals surface area contributed by atoms with Gasteiger partial charge in [-0.2, -0.15) is 0 Å². The van der Waals surface area contributed by atoms with Gasteiger partial charge in [-0.1, -0.05) is 66.7 Å². The smallest absolute Gasteiger partial charge is 0.212 e. The maximum absolute atomic E-state index is 5.79. The third-order valence-electron chi connectivity index (χ3n) is 6.08. The number of hydrogen-bond donors (Lipinski definition) is 0. The highest BCUT2D eigenvalue weighted by Crippen LogP contribution is 2.42. The van der Waals surface area contributed by atoms with Gasteiger partial charge in [-0.3, -0.25) is 0 Å². The molecule has 5 rings (SSSR count). The lowest BCUT2D eigenvalue weighted by molar-refractivity contribution is -0.644. The van der Waals surface area contributed by atoms with Crippen LogP contribution in [0.1, 0.15) is 0 Å². The van der Waals surface area contributed by atoms with Crippen LogP contribution in [0.2, 0.25) is 0 Å². The lowest BCUT2D eigenvalue weighted by Gasteiger charge is -2.16. The Hall–Kier alpha value is -4.11. The summed E-state index contributed by atoms with van der Waals surface area (Å²) in [6, 6.07) is 33.9. The fourth-order valence-corrected chi connectivity index (χ4v) is 4.39. The van der Waals surface area contributed by atoms with Gasteiger partial charge in [0, 0.05) is 22.6 Å². The van der Waals surface area contributed by atoms with Crippen LogP contribution in [-0.4, -0.2) is 14.2 Å². The molecule has 0 aliphatic heterocycles. The summed E-state index contributed by atoms with van der Waals surface area (Å²) in [5.41, 5.74) is 7.86. The molecule has 162 valence electrons. The average molecular weight is 433 g/mol. The predicted octanol–water partition coefficient (Wildman–Crippen LogP) is 6.68. The van der Waals surface area contributed by atoms with Gasteiger partial charge in [-0.05, 0) is 46.5 Å². The topological polar surface area (TPSA) is 22.3 Å². The molecular formula is C30H26NO2+. The summed E-state index contributed by atoms with van der Waals surface area (Å²) in [6.45, 7) is 0. The van der Waals surface area contributed by atoms with Gasteiger partial charge in [0.25, 0.3) is 0 Å². The van der Waals surface area contributed by atoms with Crippen molar-refractivity contribution in [3.05, 3.63) is 103 Å². The van der Waals surface area contributed by atoms with E-state index in [1.54, 1.807) is 14.2 Å². The van der Waals surface area contributed by atoms with E-state index in [-0.39, 0.29) is 0 Å². The van der Waals surface area contributed by atoms with E-state index in [1.807, 2.05) is 12.1 Å². The molecule has 3 heteroatoms. The van der Waals surface area contributed by atoms with E-state index >= 15 is 0 Å². The van der Waals surface area contributed by atoms with Crippen LogP contribution >= 0.6 is 0 Å². The van der Waals surface area contributed by atoms with Crippen molar-refractivity contribution in [2.75, 3.05) is 14.2 Å². The molecule has 0 fully saturated rings. The third kappa shape index (κ3) is 3.94. The number of pyridine rings is 1. The summed E-state index contributed by atoms with van der Waals surface area (Å²) in [5.74, 6) is 1.45. The normalized spacial score (nSPS) is 10.9. The van der Waals surface area contributed by atoms with E-state index in [0.29, 0.717) is 5.75 Å². The lowest BCUT2D eigenvalue weighted by atomic mass is 9.95. The van der Waals surface area contributed by atoms with Crippen LogP contribution in [0.3, 0.4) is 0 Å². The molecule has 0 bridgehead atoms. The summed E-state index contributed by atoms with van der Waals surface area (Å²) in [7, 11) is 5.45. The van der Waals surface area contributed by atoms with E-state index in [9.17, 15) is 0 Å². The number of nitrogens with zero attached hydrogens (tertiary/aromatic N) is 1. The lowest BCUT2D eigenvalue weighted by Crippen LogP contribution is -2.28. The molecule has 0 aliphatic rings. The molecule has 3 nitrogen and oxygen atoms in total. The van der Waals surface area contributed by atoms with Crippen LogP contribution in [0.25, 0.3) is 44.3 Å². The van der Waals surface area contributed by atoms with E-state index < -0.39 is 0 Å². The van der Waals surface area contributed by atoms with Gasteiger partial charge < -0.3 is 9.47 Å². The minimum absolute atomic E-state index is 0.716. The van der Waals surface area contributed by atoms with Gasteiger partial charge in [0.05, 0.1) is 14.2 Å². The second-order valence-corrected chi connectivity index (χ2v) is 8.10. The van der Waals surface area contributed by atoms with Gasteiger partial charge in [-0.25, -0.2) is 4.57 Å². The minimum atomic E-state index is 0.716. The second-order valence-electron chi connectivity index (χ2n) is 8.10. The first-order chi connectivity index (χ1) is 16.2. The molecule has 33 heavy (non-hydrogen) atoms. The highest BCUT2D eigenvalue weighted by atomic mass is 16.5. The Balaban J connectivity index is 1.64. The molecule has 0 N–H and O–H groups in total. The summed E-state index contributed by atoms with van der Waals surface area (Å²) >= 11 is 0. The Morgan fingerprint density at radius 1 is 0.576 bits per heavy atom. The molecular weight excluding hydrogens is 406 g/mol. The first-order valence-electron chi connectivity index (χ1n) is 11.0. The minimum Gasteiger partial charge on any atom is -0.493 e. The third-order valence-corrected chi connectivity index (χ3v) is 6.08. The number of fused-ring (bicyclic) bond motifs is 1. The first-order valence-corrected chi connectivity index (χ1v) is 11.0. The van der Waals surface area contributed by atoms with Gasteiger partial charge in [0.15, 0.2) is 17.7 Å². The molecule has 5 aromatic rings. The molecule has 1 heterocycles. The van der Waals surface area contributed by atoms with Crippen LogP contribution in [-0.2, 0) is 7.05 Å². The quantitative estimate of drug-likeness (QED) is 0.289. The Labute approximate surface area is 194 Å². The number of benzene rings is 4. The number of aromatic nitrogens is 1. The standard InChI is InChI=1S/C30H26NO2/c1-31-20-26(17-24-11-7-8-12-28(24)31)25-18-27(30(33-3)29(19-25)32-2)23-15-13-22(14-16-23)21-9-5-4-6-10-21/h4-20H,1-3H3/q+1. The fourth-order valence-electron chi connectivity index (χ4n) is 4.39. The SMILES string of the molecule is COc1cc(-c2cc3ccccc3[n+](C)c2)cc(-c2ccc(-c3ccccc3)cc2)c1OC. The van der Waals surface area contributed by atoms with Crippen molar-refractivity contribution < 1.29 is 14.0 Å². The van der Waals surface area contributed by atoms with E-state index in [2.05, 4.69) is 103 Å². The summed E-state index contributed by atoms with van der Waals surface area (Å²) in [5, 5.41) is 1.20. The Morgan fingerprint density at radius 3 is 1.97 bits per heavy atom. The van der Waals surface area contributed by atoms with Crippen LogP contribution in [0, 0.1) is 0 Å². The maximum Gasteiger partial charge on any atom is 0.212 e. The molecule has 0 saturated carbocycles. The number of hydrogen-bond acceptors (Lipinski definition) is 2. The molecule has 4 aromatic carbocycles. The van der Waals surface area contributed by atoms with Gasteiger partial charge in [0.1, 0.15) is 7.05 Å². The molecule has 0 amide bonds. The molecule has 0 saturated heterocycles. The zero-order chi connectivity index (χ0) is 22.8. The highest BCUT2D eigenvalue weighted by molar-refractivity contribution is 5.85. The molecule has 1 aromatic heterocycles. The Bertz CT molecular complexity index is 1420. The van der Waals surface area contributed by atoms with E-state index in [0.717, 1.165) is 28.0 Å². The number of methoxy groups -OCH3 is 2. The molecule has 0 unspecified atom stereocenters. The number of rotatable bonds is 5. The second kappa shape index (κ2) is 8.79. The van der Waals surface area contributed by atoms with Crippen molar-refractivity contribution >= 4 is 10.9 Å². The van der Waals surface area contributed by atoms with Crippen LogP contribution < -0.4 is 14.0 Å². The summed E-state index contributed by atoms with van der Waals surface area (Å²) in [6.07, 6.45) is 2.16. The molecule has 0 aliphatic carbocycles. The van der Waals surface area contributed by atoms with Crippen LogP contribution in [0.5, 0.6) is 11.5 Å². The van der Waals surface area contributed by atoms with Gasteiger partial charge in [0.2, 0.25) is 5.52 Å². The average Bonchev–Trinajstić information content (AvgIpc) is 2.88. The van der Waals surface area contributed by atoms with Crippen molar-refractivity contribution in [1.82, 2.24) is 0 Å². The maximum atomic E-state index is 5.79. The van der Waals surface area contributed by atoms with Crippen molar-refractivity contribution in [2.24, 2.45) is 7.05 Å². The number of para-hydroxylation sites is 1. The monoisotopic (exact) mass is 432 g/mol. The van der Waals surface area contributed by atoms with Gasteiger partial charge >= 0.3 is 0 Å². The van der Waals surface area contributed by atoms with Crippen LogP contribution in [0.15, 0.2) is 103 Å². The Morgan fingerprint density at radius 2 is 1.24 bits per heavy atom. The number of ether oxygens (including phenoxy) is 2. The fraction of sp³-hybridized carbons (Fsp3) is 0.100. The van der Waals surface area contributed by atoms with Crippen LogP contribution in [0.4, 0.5) is 0 Å².